The van der Waals surface area contributed by atoms with E-state index in [2.05, 4.69) is 10.5 Å². The summed E-state index contributed by atoms with van der Waals surface area (Å²) < 4.78 is 0. The molecule has 1 amide bonds. The molecule has 2 aromatic carbocycles. The first kappa shape index (κ1) is 12.8. The van der Waals surface area contributed by atoms with Crippen molar-refractivity contribution in [1.29, 1.82) is 0 Å². The zero-order valence-electron chi connectivity index (χ0n) is 10.6. The fourth-order valence-corrected chi connectivity index (χ4v) is 1.58. The Kier molecular flexibility index (Phi) is 3.93. The minimum atomic E-state index is -0.254. The van der Waals surface area contributed by atoms with E-state index in [1.54, 1.807) is 24.3 Å². The molecule has 2 aromatic rings. The third kappa shape index (κ3) is 3.42. The second-order valence-electron chi connectivity index (χ2n) is 4.13. The fraction of sp³-hybridized carbons (Fsp3) is 0.0667. The molecule has 0 aliphatic heterocycles. The van der Waals surface area contributed by atoms with Crippen LogP contribution in [0.4, 0.5) is 5.69 Å². The maximum absolute atomic E-state index is 11.8. The summed E-state index contributed by atoms with van der Waals surface area (Å²) in [6, 6.07) is 16.4. The van der Waals surface area contributed by atoms with Gasteiger partial charge < -0.3 is 5.73 Å². The summed E-state index contributed by atoms with van der Waals surface area (Å²) in [5.41, 5.74) is 11.0. The van der Waals surface area contributed by atoms with E-state index in [0.717, 1.165) is 11.3 Å². The van der Waals surface area contributed by atoms with E-state index in [9.17, 15) is 4.79 Å². The van der Waals surface area contributed by atoms with Crippen molar-refractivity contribution in [2.24, 2.45) is 5.10 Å². The summed E-state index contributed by atoms with van der Waals surface area (Å²) in [7, 11) is 0. The quantitative estimate of drug-likeness (QED) is 0.501. The smallest absolute Gasteiger partial charge is 0.271 e. The van der Waals surface area contributed by atoms with Gasteiger partial charge in [0.05, 0.1) is 5.71 Å². The van der Waals surface area contributed by atoms with Gasteiger partial charge in [-0.3, -0.25) is 4.79 Å². The Bertz CT molecular complexity index is 589. The summed E-state index contributed by atoms with van der Waals surface area (Å²) >= 11 is 0. The predicted octanol–water partition coefficient (Wildman–Crippen LogP) is 2.42. The standard InChI is InChI=1S/C15H15N3O/c1-11(12-5-3-2-4-6-12)17-18-15(19)13-7-9-14(16)10-8-13/h2-10H,16H2,1H3,(H,18,19). The molecule has 0 atom stereocenters. The first-order chi connectivity index (χ1) is 9.16. The number of hydrazone groups is 1. The van der Waals surface area contributed by atoms with Crippen molar-refractivity contribution < 1.29 is 4.79 Å². The minimum Gasteiger partial charge on any atom is -0.399 e. The number of hydrogen-bond acceptors (Lipinski definition) is 3. The van der Waals surface area contributed by atoms with E-state index in [1.807, 2.05) is 37.3 Å². The molecule has 0 saturated heterocycles. The van der Waals surface area contributed by atoms with Crippen LogP contribution in [0.2, 0.25) is 0 Å². The van der Waals surface area contributed by atoms with Crippen molar-refractivity contribution in [1.82, 2.24) is 5.43 Å². The molecular formula is C15H15N3O. The number of amides is 1. The average Bonchev–Trinajstić information content (AvgIpc) is 2.46. The van der Waals surface area contributed by atoms with Crippen LogP contribution in [0.25, 0.3) is 0 Å². The van der Waals surface area contributed by atoms with Crippen LogP contribution in [0.15, 0.2) is 59.7 Å². The maximum atomic E-state index is 11.8. The van der Waals surface area contributed by atoms with E-state index in [1.165, 1.54) is 0 Å². The molecule has 0 saturated carbocycles. The van der Waals surface area contributed by atoms with Gasteiger partial charge in [0.1, 0.15) is 0 Å². The van der Waals surface area contributed by atoms with Crippen molar-refractivity contribution >= 4 is 17.3 Å². The lowest BCUT2D eigenvalue weighted by molar-refractivity contribution is 0.0955. The molecule has 4 nitrogen and oxygen atoms in total. The molecule has 0 fully saturated rings. The van der Waals surface area contributed by atoms with Gasteiger partial charge in [0.25, 0.3) is 5.91 Å². The predicted molar refractivity (Wildman–Crippen MR) is 77.0 cm³/mol. The van der Waals surface area contributed by atoms with Crippen molar-refractivity contribution in [3.63, 3.8) is 0 Å². The van der Waals surface area contributed by atoms with E-state index in [-0.39, 0.29) is 5.91 Å². The zero-order chi connectivity index (χ0) is 13.7. The third-order valence-corrected chi connectivity index (χ3v) is 2.69. The van der Waals surface area contributed by atoms with Crippen molar-refractivity contribution in [3.8, 4) is 0 Å². The van der Waals surface area contributed by atoms with Gasteiger partial charge in [0.15, 0.2) is 0 Å². The first-order valence-electron chi connectivity index (χ1n) is 5.92. The summed E-state index contributed by atoms with van der Waals surface area (Å²) in [6.45, 7) is 1.85. The van der Waals surface area contributed by atoms with E-state index >= 15 is 0 Å². The number of benzene rings is 2. The Balaban J connectivity index is 2.06. The molecule has 0 aliphatic rings. The molecule has 3 N–H and O–H groups in total. The minimum absolute atomic E-state index is 0.254. The fourth-order valence-electron chi connectivity index (χ4n) is 1.58. The highest BCUT2D eigenvalue weighted by atomic mass is 16.2. The number of rotatable bonds is 3. The SMILES string of the molecule is CC(=NNC(=O)c1ccc(N)cc1)c1ccccc1. The van der Waals surface area contributed by atoms with Crippen molar-refractivity contribution in [3.05, 3.63) is 65.7 Å². The highest BCUT2D eigenvalue weighted by molar-refractivity contribution is 6.00. The number of hydrogen-bond donors (Lipinski definition) is 2. The number of nitrogens with two attached hydrogens (primary N) is 1. The molecule has 0 bridgehead atoms. The normalized spacial score (nSPS) is 11.1. The van der Waals surface area contributed by atoms with Crippen LogP contribution in [0.3, 0.4) is 0 Å². The topological polar surface area (TPSA) is 67.5 Å². The van der Waals surface area contributed by atoms with Crippen LogP contribution in [-0.2, 0) is 0 Å². The monoisotopic (exact) mass is 253 g/mol. The van der Waals surface area contributed by atoms with Crippen LogP contribution in [0, 0.1) is 0 Å². The third-order valence-electron chi connectivity index (χ3n) is 2.69. The van der Waals surface area contributed by atoms with Crippen LogP contribution >= 0.6 is 0 Å². The van der Waals surface area contributed by atoms with Gasteiger partial charge in [-0.2, -0.15) is 5.10 Å². The largest absolute Gasteiger partial charge is 0.399 e. The molecule has 0 heterocycles. The summed E-state index contributed by atoms with van der Waals surface area (Å²) in [5.74, 6) is -0.254. The van der Waals surface area contributed by atoms with E-state index in [4.69, 9.17) is 5.73 Å². The van der Waals surface area contributed by atoms with Gasteiger partial charge in [0, 0.05) is 11.3 Å². The molecule has 0 radical (unpaired) electrons. The Morgan fingerprint density at radius 1 is 1.00 bits per heavy atom. The average molecular weight is 253 g/mol. The van der Waals surface area contributed by atoms with Crippen molar-refractivity contribution in [2.75, 3.05) is 5.73 Å². The van der Waals surface area contributed by atoms with Gasteiger partial charge in [-0.05, 0) is 36.8 Å². The number of carbonyl (C=O) groups is 1. The molecule has 19 heavy (non-hydrogen) atoms. The second kappa shape index (κ2) is 5.82. The molecule has 0 spiro atoms. The number of nitrogens with zero attached hydrogens (tertiary/aromatic N) is 1. The van der Waals surface area contributed by atoms with Crippen LogP contribution in [0.1, 0.15) is 22.8 Å². The highest BCUT2D eigenvalue weighted by Crippen LogP contribution is 2.05. The molecule has 2 rings (SSSR count). The van der Waals surface area contributed by atoms with Gasteiger partial charge in [0.2, 0.25) is 0 Å². The van der Waals surface area contributed by atoms with Crippen LogP contribution in [0.5, 0.6) is 0 Å². The van der Waals surface area contributed by atoms with Gasteiger partial charge in [-0.15, -0.1) is 0 Å². The number of nitrogens with one attached hydrogen (secondary N) is 1. The Labute approximate surface area is 112 Å². The number of nitrogen functional groups attached to an aromatic ring is 1. The van der Waals surface area contributed by atoms with E-state index in [0.29, 0.717) is 11.3 Å². The van der Waals surface area contributed by atoms with Gasteiger partial charge in [-0.25, -0.2) is 5.43 Å². The molecule has 0 aliphatic carbocycles. The summed E-state index contributed by atoms with van der Waals surface area (Å²) in [4.78, 5) is 11.8. The lowest BCUT2D eigenvalue weighted by Gasteiger charge is -2.03. The molecule has 0 unspecified atom stereocenters. The molecule has 96 valence electrons. The van der Waals surface area contributed by atoms with Crippen LogP contribution in [-0.4, -0.2) is 11.6 Å². The van der Waals surface area contributed by atoms with Gasteiger partial charge in [-0.1, -0.05) is 30.3 Å². The first-order valence-corrected chi connectivity index (χ1v) is 5.92. The lowest BCUT2D eigenvalue weighted by Crippen LogP contribution is -2.19. The van der Waals surface area contributed by atoms with E-state index < -0.39 is 0 Å². The second-order valence-corrected chi connectivity index (χ2v) is 4.13. The molecule has 4 heteroatoms. The zero-order valence-corrected chi connectivity index (χ0v) is 10.6. The highest BCUT2D eigenvalue weighted by Gasteiger charge is 2.04. The summed E-state index contributed by atoms with van der Waals surface area (Å²) in [6.07, 6.45) is 0. The number of carbonyl (C=O) groups excluding carboxylic acids is 1. The maximum Gasteiger partial charge on any atom is 0.271 e. The molecular weight excluding hydrogens is 238 g/mol. The Morgan fingerprint density at radius 3 is 2.26 bits per heavy atom. The molecule has 0 aromatic heterocycles. The summed E-state index contributed by atoms with van der Waals surface area (Å²) in [5, 5.41) is 4.08. The number of anilines is 1. The lowest BCUT2D eigenvalue weighted by atomic mass is 10.1. The van der Waals surface area contributed by atoms with Gasteiger partial charge >= 0.3 is 0 Å². The van der Waals surface area contributed by atoms with Crippen molar-refractivity contribution in [2.45, 2.75) is 6.92 Å². The Morgan fingerprint density at radius 2 is 1.63 bits per heavy atom. The van der Waals surface area contributed by atoms with Crippen LogP contribution < -0.4 is 11.2 Å². The Hall–Kier alpha value is -2.62.